The minimum Gasteiger partial charge on any atom is -0.497 e. The van der Waals surface area contributed by atoms with Gasteiger partial charge in [0.05, 0.1) is 19.7 Å². The number of aryl methyl sites for hydroxylation is 1. The lowest BCUT2D eigenvalue weighted by Gasteiger charge is -2.29. The summed E-state index contributed by atoms with van der Waals surface area (Å²) in [7, 11) is 1.64. The number of hydrogen-bond acceptors (Lipinski definition) is 5. The van der Waals surface area contributed by atoms with E-state index in [2.05, 4.69) is 10.3 Å². The van der Waals surface area contributed by atoms with Crippen molar-refractivity contribution >= 4 is 5.91 Å². The third kappa shape index (κ3) is 3.93. The number of pyridine rings is 2. The molecule has 1 amide bonds. The van der Waals surface area contributed by atoms with Crippen LogP contribution in [0.3, 0.4) is 0 Å². The molecule has 2 aromatic heterocycles. The summed E-state index contributed by atoms with van der Waals surface area (Å²) in [5.74, 6) is 1.30. The first-order chi connectivity index (χ1) is 16.1. The largest absolute Gasteiger partial charge is 0.497 e. The smallest absolute Gasteiger partial charge is 0.263 e. The van der Waals surface area contributed by atoms with Crippen molar-refractivity contribution in [2.24, 2.45) is 11.8 Å². The quantitative estimate of drug-likeness (QED) is 0.655. The van der Waals surface area contributed by atoms with Gasteiger partial charge in [0.15, 0.2) is 0 Å². The van der Waals surface area contributed by atoms with Crippen LogP contribution in [0.5, 0.6) is 5.75 Å². The van der Waals surface area contributed by atoms with Crippen LogP contribution < -0.4 is 15.6 Å². The van der Waals surface area contributed by atoms with Gasteiger partial charge >= 0.3 is 0 Å². The maximum absolute atomic E-state index is 13.9. The molecule has 170 valence electrons. The molecule has 33 heavy (non-hydrogen) atoms. The fourth-order valence-electron chi connectivity index (χ4n) is 5.24. The second kappa shape index (κ2) is 8.83. The molecule has 0 unspecified atom stereocenters. The molecule has 5 rings (SSSR count). The molecule has 7 nitrogen and oxygen atoms in total. The van der Waals surface area contributed by atoms with Gasteiger partial charge in [0.25, 0.3) is 11.5 Å². The first kappa shape index (κ1) is 21.4. The van der Waals surface area contributed by atoms with Gasteiger partial charge in [-0.05, 0) is 53.8 Å². The molecule has 0 saturated carbocycles. The highest BCUT2D eigenvalue weighted by Gasteiger charge is 2.47. The Labute approximate surface area is 193 Å². The van der Waals surface area contributed by atoms with Gasteiger partial charge in [0.1, 0.15) is 11.3 Å². The Morgan fingerprint density at radius 3 is 2.73 bits per heavy atom. The highest BCUT2D eigenvalue weighted by molar-refractivity contribution is 5.95. The number of carbonyl (C=O) groups excluding carboxylic acids is 1. The molecule has 2 aliphatic heterocycles. The van der Waals surface area contributed by atoms with Crippen molar-refractivity contribution in [1.82, 2.24) is 19.8 Å². The Balaban J connectivity index is 1.51. The molecule has 1 N–H and O–H groups in total. The maximum atomic E-state index is 13.9. The van der Waals surface area contributed by atoms with Crippen molar-refractivity contribution in [3.05, 3.63) is 93.7 Å². The van der Waals surface area contributed by atoms with E-state index in [0.717, 1.165) is 30.0 Å². The van der Waals surface area contributed by atoms with E-state index in [1.165, 1.54) is 0 Å². The molecule has 1 aromatic carbocycles. The maximum Gasteiger partial charge on any atom is 0.263 e. The van der Waals surface area contributed by atoms with Gasteiger partial charge in [-0.25, -0.2) is 0 Å². The molecular weight excluding hydrogens is 416 g/mol. The predicted molar refractivity (Wildman–Crippen MR) is 125 cm³/mol. The average Bonchev–Trinajstić information content (AvgIpc) is 3.43. The van der Waals surface area contributed by atoms with E-state index in [1.807, 2.05) is 54.3 Å². The number of fused-ring (bicyclic) bond motifs is 1. The average molecular weight is 445 g/mol. The van der Waals surface area contributed by atoms with Crippen molar-refractivity contribution in [2.45, 2.75) is 19.5 Å². The van der Waals surface area contributed by atoms with E-state index in [1.54, 1.807) is 30.3 Å². The number of amides is 1. The first-order valence-corrected chi connectivity index (χ1v) is 11.3. The molecule has 7 heteroatoms. The molecule has 0 bridgehead atoms. The fourth-order valence-corrected chi connectivity index (χ4v) is 5.24. The molecule has 0 spiro atoms. The second-order valence-electron chi connectivity index (χ2n) is 8.93. The second-order valence-corrected chi connectivity index (χ2v) is 8.93. The van der Waals surface area contributed by atoms with Gasteiger partial charge < -0.3 is 19.5 Å². The fraction of sp³-hybridized carbons (Fsp3) is 0.346. The van der Waals surface area contributed by atoms with E-state index in [4.69, 9.17) is 4.74 Å². The highest BCUT2D eigenvalue weighted by Crippen LogP contribution is 2.43. The van der Waals surface area contributed by atoms with Crippen LogP contribution in [0.2, 0.25) is 0 Å². The minimum atomic E-state index is -0.257. The number of nitrogens with zero attached hydrogens (tertiary/aromatic N) is 3. The summed E-state index contributed by atoms with van der Waals surface area (Å²) >= 11 is 0. The number of likely N-dealkylation sites (tertiary alicyclic amines) is 1. The van der Waals surface area contributed by atoms with Crippen molar-refractivity contribution in [3.8, 4) is 5.75 Å². The molecule has 2 aliphatic rings. The minimum absolute atomic E-state index is 0.0748. The molecule has 4 heterocycles. The van der Waals surface area contributed by atoms with E-state index in [9.17, 15) is 9.59 Å². The topological polar surface area (TPSA) is 76.5 Å². The van der Waals surface area contributed by atoms with E-state index < -0.39 is 0 Å². The number of ether oxygens (including phenoxy) is 1. The predicted octanol–water partition coefficient (Wildman–Crippen LogP) is 2.64. The number of carbonyl (C=O) groups is 1. The lowest BCUT2D eigenvalue weighted by molar-refractivity contribution is 0.0710. The molecule has 0 aliphatic carbocycles. The monoisotopic (exact) mass is 444 g/mol. The zero-order valence-electron chi connectivity index (χ0n) is 18.9. The van der Waals surface area contributed by atoms with E-state index >= 15 is 0 Å². The number of rotatable bonds is 5. The number of methoxy groups -OCH3 is 1. The Morgan fingerprint density at radius 1 is 1.18 bits per heavy atom. The summed E-state index contributed by atoms with van der Waals surface area (Å²) in [6.07, 6.45) is 5.20. The normalized spacial score (nSPS) is 21.8. The van der Waals surface area contributed by atoms with Crippen molar-refractivity contribution in [2.75, 3.05) is 26.7 Å². The van der Waals surface area contributed by atoms with Crippen LogP contribution in [0.15, 0.2) is 65.8 Å². The van der Waals surface area contributed by atoms with E-state index in [0.29, 0.717) is 30.5 Å². The number of hydrogen-bond donors (Lipinski definition) is 1. The third-order valence-corrected chi connectivity index (χ3v) is 6.95. The zero-order chi connectivity index (χ0) is 22.9. The van der Waals surface area contributed by atoms with Crippen LogP contribution >= 0.6 is 0 Å². The number of nitrogens with one attached hydrogen (secondary N) is 1. The van der Waals surface area contributed by atoms with Gasteiger partial charge in [0, 0.05) is 44.1 Å². The summed E-state index contributed by atoms with van der Waals surface area (Å²) in [5.41, 5.74) is 2.70. The van der Waals surface area contributed by atoms with Crippen molar-refractivity contribution < 1.29 is 9.53 Å². The Kier molecular flexibility index (Phi) is 5.72. The Morgan fingerprint density at radius 2 is 2.00 bits per heavy atom. The number of benzene rings is 1. The molecular formula is C26H28N4O3. The molecule has 0 radical (unpaired) electrons. The van der Waals surface area contributed by atoms with Crippen LogP contribution in [0.4, 0.5) is 0 Å². The number of aromatic nitrogens is 2. The molecule has 2 saturated heterocycles. The summed E-state index contributed by atoms with van der Waals surface area (Å²) in [5, 5.41) is 3.47. The van der Waals surface area contributed by atoms with Crippen LogP contribution in [0.1, 0.15) is 33.1 Å². The summed E-state index contributed by atoms with van der Waals surface area (Å²) in [4.78, 5) is 33.4. The van der Waals surface area contributed by atoms with Gasteiger partial charge in [-0.15, -0.1) is 0 Å². The van der Waals surface area contributed by atoms with Crippen LogP contribution in [-0.4, -0.2) is 47.1 Å². The third-order valence-electron chi connectivity index (χ3n) is 6.95. The SMILES string of the molecule is COc1ccc([C@H]2[C@H]3CNC[C@H]3CN2C(=O)c2c(C)ccn(Cc3cccnc3)c2=O)cc1. The lowest BCUT2D eigenvalue weighted by Crippen LogP contribution is -2.39. The van der Waals surface area contributed by atoms with Gasteiger partial charge in [-0.2, -0.15) is 0 Å². The summed E-state index contributed by atoms with van der Waals surface area (Å²) in [6.45, 7) is 4.61. The molecule has 3 aromatic rings. The molecule has 3 atom stereocenters. The molecule has 2 fully saturated rings. The van der Waals surface area contributed by atoms with Gasteiger partial charge in [0.2, 0.25) is 0 Å². The standard InChI is InChI=1S/C26H28N4O3/c1-17-9-11-29(15-18-4-3-10-27-12-18)25(31)23(17)26(32)30-16-20-13-28-14-22(20)24(30)19-5-7-21(33-2)8-6-19/h3-12,20,22,24,28H,13-16H2,1-2H3/t20-,22-,24-/m0/s1. The van der Waals surface area contributed by atoms with Crippen LogP contribution in [0, 0.1) is 18.8 Å². The lowest BCUT2D eigenvalue weighted by atomic mass is 9.89. The first-order valence-electron chi connectivity index (χ1n) is 11.3. The van der Waals surface area contributed by atoms with E-state index in [-0.39, 0.29) is 23.1 Å². The Bertz CT molecular complexity index is 1210. The van der Waals surface area contributed by atoms with Gasteiger partial charge in [-0.1, -0.05) is 18.2 Å². The van der Waals surface area contributed by atoms with Gasteiger partial charge in [-0.3, -0.25) is 14.6 Å². The summed E-state index contributed by atoms with van der Waals surface area (Å²) in [6, 6.07) is 13.5. The van der Waals surface area contributed by atoms with Crippen molar-refractivity contribution in [3.63, 3.8) is 0 Å². The van der Waals surface area contributed by atoms with Crippen molar-refractivity contribution in [1.29, 1.82) is 0 Å². The van der Waals surface area contributed by atoms with Crippen LogP contribution in [0.25, 0.3) is 0 Å². The Hall–Kier alpha value is -3.45. The zero-order valence-corrected chi connectivity index (χ0v) is 18.9. The highest BCUT2D eigenvalue weighted by atomic mass is 16.5. The van der Waals surface area contributed by atoms with Crippen LogP contribution in [-0.2, 0) is 6.54 Å². The summed E-state index contributed by atoms with van der Waals surface area (Å²) < 4.78 is 6.91.